The van der Waals surface area contributed by atoms with E-state index in [1.165, 1.54) is 24.3 Å². The van der Waals surface area contributed by atoms with Gasteiger partial charge in [0.15, 0.2) is 18.4 Å². The largest absolute Gasteiger partial charge is 0.506 e. The van der Waals surface area contributed by atoms with Crippen LogP contribution in [0.15, 0.2) is 24.3 Å². The highest BCUT2D eigenvalue weighted by Gasteiger charge is 2.52. The molecule has 1 fully saturated rings. The summed E-state index contributed by atoms with van der Waals surface area (Å²) in [6.07, 6.45) is -7.21. The minimum absolute atomic E-state index is 0.163. The highest BCUT2D eigenvalue weighted by molar-refractivity contribution is 5.85. The van der Waals surface area contributed by atoms with E-state index in [1.807, 2.05) is 0 Å². The first-order chi connectivity index (χ1) is 17.1. The number of rotatable bonds is 6. The van der Waals surface area contributed by atoms with Crippen molar-refractivity contribution in [1.29, 1.82) is 0 Å². The van der Waals surface area contributed by atoms with Crippen molar-refractivity contribution in [2.75, 3.05) is 13.7 Å². The highest BCUT2D eigenvalue weighted by atomic mass is 19.1. The van der Waals surface area contributed by atoms with Crippen LogP contribution in [-0.2, 0) is 33.3 Å². The summed E-state index contributed by atoms with van der Waals surface area (Å²) in [5, 5.41) is 13.2. The molecular weight excluding hydrogens is 485 g/mol. The number of hydrogen-bond acceptors (Lipinski definition) is 11. The maximum absolute atomic E-state index is 13.2. The molecule has 0 bridgehead atoms. The van der Waals surface area contributed by atoms with Crippen LogP contribution < -0.4 is 0 Å². The summed E-state index contributed by atoms with van der Waals surface area (Å²) < 4.78 is 39.7. The van der Waals surface area contributed by atoms with Crippen molar-refractivity contribution in [3.8, 4) is 11.8 Å². The van der Waals surface area contributed by atoms with E-state index < -0.39 is 66.9 Å². The summed E-state index contributed by atoms with van der Waals surface area (Å²) in [5.41, 5.74) is 0.397. The predicted octanol–water partition coefficient (Wildman–Crippen LogP) is 1.06. The SMILES string of the molecule is COC(=O)c1nc(C#Cc2ccc(F)cc2)n(C2OC(COC(C)=O)[C@H](OC(=O)O)[C@@H]2OC(C)=O)n1. The van der Waals surface area contributed by atoms with E-state index in [0.717, 1.165) is 25.6 Å². The third kappa shape index (κ3) is 6.33. The molecule has 1 aliphatic heterocycles. The number of hydrogen-bond donors (Lipinski definition) is 1. The summed E-state index contributed by atoms with van der Waals surface area (Å²) in [4.78, 5) is 50.6. The molecule has 13 nitrogen and oxygen atoms in total. The summed E-state index contributed by atoms with van der Waals surface area (Å²) >= 11 is 0. The second-order valence-electron chi connectivity index (χ2n) is 7.24. The predicted molar refractivity (Wildman–Crippen MR) is 113 cm³/mol. The van der Waals surface area contributed by atoms with Crippen LogP contribution in [0.25, 0.3) is 0 Å². The number of aromatic nitrogens is 3. The Hall–Kier alpha value is -4.51. The lowest BCUT2D eigenvalue weighted by Crippen LogP contribution is -2.41. The average Bonchev–Trinajstić information content (AvgIpc) is 3.38. The Morgan fingerprint density at radius 2 is 1.78 bits per heavy atom. The molecule has 3 rings (SSSR count). The molecule has 0 aliphatic carbocycles. The molecule has 36 heavy (non-hydrogen) atoms. The Kier molecular flexibility index (Phi) is 8.18. The molecule has 0 saturated carbocycles. The summed E-state index contributed by atoms with van der Waals surface area (Å²) in [6, 6.07) is 5.20. The maximum atomic E-state index is 13.2. The summed E-state index contributed by atoms with van der Waals surface area (Å²) in [5.74, 6) is 1.92. The Bertz CT molecular complexity index is 1220. The average molecular weight is 505 g/mol. The Morgan fingerprint density at radius 1 is 1.08 bits per heavy atom. The van der Waals surface area contributed by atoms with Gasteiger partial charge in [0.25, 0.3) is 5.82 Å². The fraction of sp³-hybridized carbons (Fsp3) is 0.364. The van der Waals surface area contributed by atoms with Gasteiger partial charge in [0.1, 0.15) is 18.5 Å². The fourth-order valence-corrected chi connectivity index (χ4v) is 3.24. The first-order valence-electron chi connectivity index (χ1n) is 10.3. The summed E-state index contributed by atoms with van der Waals surface area (Å²) in [6.45, 7) is 1.76. The Balaban J connectivity index is 2.07. The third-order valence-electron chi connectivity index (χ3n) is 4.68. The lowest BCUT2D eigenvalue weighted by molar-refractivity contribution is -0.157. The number of carboxylic acid groups (broad SMARTS) is 1. The lowest BCUT2D eigenvalue weighted by Gasteiger charge is -2.22. The van der Waals surface area contributed by atoms with Gasteiger partial charge in [-0.15, -0.1) is 5.10 Å². The van der Waals surface area contributed by atoms with Crippen molar-refractivity contribution in [3.63, 3.8) is 0 Å². The molecule has 190 valence electrons. The van der Waals surface area contributed by atoms with Crippen LogP contribution >= 0.6 is 0 Å². The van der Waals surface area contributed by atoms with Crippen LogP contribution in [0, 0.1) is 17.7 Å². The molecule has 4 atom stereocenters. The number of methoxy groups -OCH3 is 1. The van der Waals surface area contributed by atoms with Crippen molar-refractivity contribution < 1.29 is 52.4 Å². The second-order valence-corrected chi connectivity index (χ2v) is 7.24. The van der Waals surface area contributed by atoms with E-state index in [9.17, 15) is 28.7 Å². The van der Waals surface area contributed by atoms with E-state index in [2.05, 4.69) is 26.7 Å². The number of nitrogens with zero attached hydrogens (tertiary/aromatic N) is 3. The van der Waals surface area contributed by atoms with Crippen LogP contribution in [0.1, 0.15) is 42.1 Å². The smallest absolute Gasteiger partial charge is 0.463 e. The molecule has 0 amide bonds. The number of carbonyl (C=O) groups is 4. The zero-order valence-corrected chi connectivity index (χ0v) is 19.2. The molecule has 1 aliphatic rings. The van der Waals surface area contributed by atoms with E-state index in [0.29, 0.717) is 5.56 Å². The zero-order chi connectivity index (χ0) is 26.4. The zero-order valence-electron chi connectivity index (χ0n) is 19.2. The van der Waals surface area contributed by atoms with Crippen molar-refractivity contribution in [2.24, 2.45) is 0 Å². The monoisotopic (exact) mass is 505 g/mol. The van der Waals surface area contributed by atoms with Crippen LogP contribution in [0.3, 0.4) is 0 Å². The van der Waals surface area contributed by atoms with Crippen LogP contribution in [0.5, 0.6) is 0 Å². The molecule has 2 unspecified atom stereocenters. The second kappa shape index (κ2) is 11.3. The molecule has 2 heterocycles. The van der Waals surface area contributed by atoms with Crippen LogP contribution in [0.2, 0.25) is 0 Å². The van der Waals surface area contributed by atoms with Gasteiger partial charge in [0, 0.05) is 19.4 Å². The van der Waals surface area contributed by atoms with E-state index in [1.54, 1.807) is 0 Å². The van der Waals surface area contributed by atoms with Gasteiger partial charge >= 0.3 is 24.1 Å². The van der Waals surface area contributed by atoms with E-state index in [-0.39, 0.29) is 5.82 Å². The standard InChI is InChI=1S/C22H20FN3O10/c1-11(27)33-10-15-17(36-22(30)31)18(34-12(2)28)20(35-15)26-16(24-19(25-26)21(29)32-3)9-6-13-4-7-14(23)8-5-13/h4-5,7-8,15,17-18,20H,10H2,1-3H3,(H,30,31)/t15?,17-,18-,20?/m0/s1. The quantitative estimate of drug-likeness (QED) is 0.337. The highest BCUT2D eigenvalue weighted by Crippen LogP contribution is 2.34. The van der Waals surface area contributed by atoms with Crippen molar-refractivity contribution in [2.45, 2.75) is 38.4 Å². The molecule has 1 N–H and O–H groups in total. The van der Waals surface area contributed by atoms with Crippen LogP contribution in [0.4, 0.5) is 9.18 Å². The van der Waals surface area contributed by atoms with Gasteiger partial charge in [-0.1, -0.05) is 5.92 Å². The summed E-state index contributed by atoms with van der Waals surface area (Å²) in [7, 11) is 1.10. The number of carbonyl (C=O) groups excluding carboxylic acids is 3. The van der Waals surface area contributed by atoms with Gasteiger partial charge in [-0.3, -0.25) is 9.59 Å². The molecular formula is C22H20FN3O10. The molecule has 0 spiro atoms. The Morgan fingerprint density at radius 3 is 2.36 bits per heavy atom. The van der Waals surface area contributed by atoms with Crippen molar-refractivity contribution in [1.82, 2.24) is 14.8 Å². The normalized spacial score (nSPS) is 20.6. The number of benzene rings is 1. The molecule has 1 aromatic carbocycles. The number of ether oxygens (including phenoxy) is 5. The van der Waals surface area contributed by atoms with Gasteiger partial charge in [-0.2, -0.15) is 4.98 Å². The van der Waals surface area contributed by atoms with Crippen LogP contribution in [-0.4, -0.2) is 76.0 Å². The van der Waals surface area contributed by atoms with Gasteiger partial charge < -0.3 is 28.8 Å². The topological polar surface area (TPSA) is 165 Å². The van der Waals surface area contributed by atoms with Gasteiger partial charge in [-0.25, -0.2) is 18.7 Å². The fourth-order valence-electron chi connectivity index (χ4n) is 3.24. The molecule has 2 aromatic rings. The lowest BCUT2D eigenvalue weighted by atomic mass is 10.1. The molecule has 0 radical (unpaired) electrons. The minimum atomic E-state index is -1.71. The third-order valence-corrected chi connectivity index (χ3v) is 4.68. The minimum Gasteiger partial charge on any atom is -0.463 e. The number of halogens is 1. The molecule has 14 heteroatoms. The number of esters is 3. The van der Waals surface area contributed by atoms with Gasteiger partial charge in [-0.05, 0) is 30.2 Å². The first-order valence-corrected chi connectivity index (χ1v) is 10.3. The van der Waals surface area contributed by atoms with Crippen molar-refractivity contribution in [3.05, 3.63) is 47.3 Å². The maximum Gasteiger partial charge on any atom is 0.506 e. The molecule has 1 saturated heterocycles. The Labute approximate surface area is 203 Å². The molecule has 1 aromatic heterocycles. The van der Waals surface area contributed by atoms with Gasteiger partial charge in [0.2, 0.25) is 5.82 Å². The van der Waals surface area contributed by atoms with Gasteiger partial charge in [0.05, 0.1) is 7.11 Å². The van der Waals surface area contributed by atoms with E-state index in [4.69, 9.17) is 18.9 Å². The van der Waals surface area contributed by atoms with Crippen molar-refractivity contribution >= 4 is 24.1 Å². The van der Waals surface area contributed by atoms with E-state index >= 15 is 0 Å². The first kappa shape index (κ1) is 26.1.